The topological polar surface area (TPSA) is 111 Å². The van der Waals surface area contributed by atoms with E-state index in [1.165, 1.54) is 16.2 Å². The van der Waals surface area contributed by atoms with E-state index in [2.05, 4.69) is 29.2 Å². The van der Waals surface area contributed by atoms with E-state index in [-0.39, 0.29) is 70.4 Å². The Hall–Kier alpha value is -2.59. The van der Waals surface area contributed by atoms with Crippen LogP contribution in [0.2, 0.25) is 0 Å². The molecule has 1 aromatic heterocycles. The minimum atomic E-state index is -1.01. The van der Waals surface area contributed by atoms with E-state index in [4.69, 9.17) is 5.11 Å². The molecule has 0 radical (unpaired) electrons. The van der Waals surface area contributed by atoms with Crippen molar-refractivity contribution in [1.82, 2.24) is 9.88 Å². The molecule has 7 atom stereocenters. The van der Waals surface area contributed by atoms with Crippen LogP contribution < -0.4 is 9.77 Å². The minimum absolute atomic E-state index is 0.00617. The molecule has 10 heteroatoms. The van der Waals surface area contributed by atoms with E-state index >= 15 is 0 Å². The molecule has 2 N–H and O–H groups in total. The Kier molecular flexibility index (Phi) is 4.97. The van der Waals surface area contributed by atoms with Crippen molar-refractivity contribution in [3.05, 3.63) is 44.4 Å². The number of aromatic nitrogens is 1. The fraction of sp³-hybridized carbons (Fsp3) is 0.500. The maximum Gasteiger partial charge on any atom is 0.305 e. The number of carboxylic acid groups (broad SMARTS) is 1. The van der Waals surface area contributed by atoms with E-state index in [1.54, 1.807) is 11.8 Å². The van der Waals surface area contributed by atoms with Gasteiger partial charge in [0.05, 0.1) is 23.3 Å². The number of thioether (sulfide) groups is 1. The van der Waals surface area contributed by atoms with Crippen LogP contribution in [0.3, 0.4) is 0 Å². The molecule has 1 aromatic carbocycles. The molecular weight excluding hydrogens is 474 g/mol. The summed E-state index contributed by atoms with van der Waals surface area (Å²) < 4.78 is 0. The molecule has 2 amide bonds. The molecule has 1 saturated heterocycles. The van der Waals surface area contributed by atoms with Gasteiger partial charge in [0.25, 0.3) is 0 Å². The first kappa shape index (κ1) is 21.9. The van der Waals surface area contributed by atoms with Gasteiger partial charge in [0.2, 0.25) is 11.8 Å². The van der Waals surface area contributed by atoms with Gasteiger partial charge in [-0.05, 0) is 41.9 Å². The van der Waals surface area contributed by atoms with Crippen LogP contribution in [0, 0.1) is 29.6 Å². The lowest BCUT2D eigenvalue weighted by Gasteiger charge is -2.43. The number of thiazole rings is 1. The van der Waals surface area contributed by atoms with Crippen molar-refractivity contribution in [2.24, 2.45) is 29.6 Å². The predicted molar refractivity (Wildman–Crippen MR) is 128 cm³/mol. The summed E-state index contributed by atoms with van der Waals surface area (Å²) in [5.74, 6) is -1.94. The fourth-order valence-electron chi connectivity index (χ4n) is 6.86. The number of anilines is 1. The number of H-pyrrole nitrogens is 1. The summed E-state index contributed by atoms with van der Waals surface area (Å²) in [5.41, 5.74) is 2.22. The first-order valence-electron chi connectivity index (χ1n) is 11.5. The molecule has 2 aliphatic heterocycles. The zero-order valence-corrected chi connectivity index (χ0v) is 20.4. The molecule has 0 spiro atoms. The normalized spacial score (nSPS) is 33.1. The second-order valence-electron chi connectivity index (χ2n) is 9.92. The standard InChI is InChI=1S/C24H25N3O5S2/c1-26(2)11-5-3-10(4-6-11)15-16-12-9-13(19(16)33-21-20(15)34-24(32)25-21)18-17(12)22(30)27(23(18)31)8-7-14(28)29/h3-6,12-13,15-19H,7-9H2,1-2H3,(H,25,32)(H,28,29)/t12-,13+,15+,16+,17+,18+,19-/m1/s1. The van der Waals surface area contributed by atoms with Crippen molar-refractivity contribution < 1.29 is 19.5 Å². The van der Waals surface area contributed by atoms with E-state index in [0.29, 0.717) is 0 Å². The molecule has 34 heavy (non-hydrogen) atoms. The largest absolute Gasteiger partial charge is 0.481 e. The van der Waals surface area contributed by atoms with Crippen LogP contribution in [-0.4, -0.2) is 58.7 Å². The van der Waals surface area contributed by atoms with Gasteiger partial charge in [-0.15, -0.1) is 11.8 Å². The number of likely N-dealkylation sites (tertiary alicyclic amines) is 1. The number of nitrogens with zero attached hydrogens (tertiary/aromatic N) is 2. The van der Waals surface area contributed by atoms with Crippen LogP contribution in [0.4, 0.5) is 5.69 Å². The molecule has 4 aliphatic rings. The van der Waals surface area contributed by atoms with Gasteiger partial charge in [-0.25, -0.2) is 0 Å². The van der Waals surface area contributed by atoms with Crippen LogP contribution in [0.15, 0.2) is 34.1 Å². The average molecular weight is 500 g/mol. The zero-order valence-electron chi connectivity index (χ0n) is 18.8. The number of benzene rings is 1. The molecular formula is C24H25N3O5S2. The summed E-state index contributed by atoms with van der Waals surface area (Å²) in [7, 11) is 3.99. The number of amides is 2. The second-order valence-corrected chi connectivity index (χ2v) is 12.1. The van der Waals surface area contributed by atoms with Gasteiger partial charge in [-0.1, -0.05) is 23.5 Å². The van der Waals surface area contributed by atoms with E-state index < -0.39 is 5.97 Å². The number of carbonyl (C=O) groups is 3. The predicted octanol–water partition coefficient (Wildman–Crippen LogP) is 2.45. The zero-order chi connectivity index (χ0) is 23.9. The van der Waals surface area contributed by atoms with Crippen molar-refractivity contribution in [1.29, 1.82) is 0 Å². The molecule has 3 fully saturated rings. The van der Waals surface area contributed by atoms with Gasteiger partial charge in [0, 0.05) is 42.4 Å². The maximum absolute atomic E-state index is 13.3. The minimum Gasteiger partial charge on any atom is -0.481 e. The number of nitrogens with one attached hydrogen (secondary N) is 1. The van der Waals surface area contributed by atoms with Crippen molar-refractivity contribution in [3.8, 4) is 0 Å². The van der Waals surface area contributed by atoms with Crippen LogP contribution in [0.5, 0.6) is 0 Å². The Morgan fingerprint density at radius 2 is 1.79 bits per heavy atom. The monoisotopic (exact) mass is 499 g/mol. The molecule has 2 aromatic rings. The third-order valence-corrected chi connectivity index (χ3v) is 10.7. The number of hydrogen-bond donors (Lipinski definition) is 2. The highest BCUT2D eigenvalue weighted by Gasteiger charge is 2.69. The number of aliphatic carboxylic acids is 1. The summed E-state index contributed by atoms with van der Waals surface area (Å²) in [4.78, 5) is 57.1. The Morgan fingerprint density at radius 1 is 1.12 bits per heavy atom. The lowest BCUT2D eigenvalue weighted by Crippen LogP contribution is -2.42. The fourth-order valence-corrected chi connectivity index (χ4v) is 9.75. The highest BCUT2D eigenvalue weighted by atomic mass is 32.2. The summed E-state index contributed by atoms with van der Waals surface area (Å²) >= 11 is 2.91. The number of aromatic amines is 1. The van der Waals surface area contributed by atoms with Crippen LogP contribution in [-0.2, 0) is 14.4 Å². The molecule has 2 saturated carbocycles. The number of carbonyl (C=O) groups excluding carboxylic acids is 2. The first-order chi connectivity index (χ1) is 16.3. The molecule has 2 aliphatic carbocycles. The van der Waals surface area contributed by atoms with Gasteiger partial charge in [-0.2, -0.15) is 0 Å². The number of hydrogen-bond acceptors (Lipinski definition) is 7. The Balaban J connectivity index is 1.40. The SMILES string of the molecule is CN(C)c1ccc([C@@H]2c3sc(=O)[nH]c3S[C@@H]3[C@H]4C[C@@H]([C@@H]5C(=O)N(CCC(=O)O)C(=O)[C@@H]45)[C@@H]23)cc1. The van der Waals surface area contributed by atoms with Crippen molar-refractivity contribution >= 4 is 46.6 Å². The molecule has 8 nitrogen and oxygen atoms in total. The lowest BCUT2D eigenvalue weighted by molar-refractivity contribution is -0.142. The van der Waals surface area contributed by atoms with Crippen LogP contribution in [0.1, 0.15) is 29.2 Å². The summed E-state index contributed by atoms with van der Waals surface area (Å²) in [6.45, 7) is -0.0575. The van der Waals surface area contributed by atoms with E-state index in [9.17, 15) is 19.2 Å². The number of fused-ring (bicyclic) bond motifs is 9. The highest BCUT2D eigenvalue weighted by Crippen LogP contribution is 2.68. The smallest absolute Gasteiger partial charge is 0.305 e. The Labute approximate surface area is 204 Å². The van der Waals surface area contributed by atoms with E-state index in [0.717, 1.165) is 27.6 Å². The van der Waals surface area contributed by atoms with E-state index in [1.807, 2.05) is 19.0 Å². The van der Waals surface area contributed by atoms with Crippen LogP contribution >= 0.6 is 23.1 Å². The number of carboxylic acids is 1. The summed E-state index contributed by atoms with van der Waals surface area (Å²) in [6.07, 6.45) is 0.598. The van der Waals surface area contributed by atoms with Gasteiger partial charge in [0.1, 0.15) is 0 Å². The van der Waals surface area contributed by atoms with Crippen molar-refractivity contribution in [3.63, 3.8) is 0 Å². The molecule has 6 rings (SSSR count). The molecule has 178 valence electrons. The Bertz CT molecular complexity index is 1250. The number of imide groups is 1. The molecule has 0 unspecified atom stereocenters. The van der Waals surface area contributed by atoms with Crippen molar-refractivity contribution in [2.75, 3.05) is 25.5 Å². The Morgan fingerprint density at radius 3 is 2.44 bits per heavy atom. The average Bonchev–Trinajstić information content (AvgIpc) is 3.51. The van der Waals surface area contributed by atoms with Crippen molar-refractivity contribution in [2.45, 2.75) is 29.0 Å². The first-order valence-corrected chi connectivity index (χ1v) is 13.2. The van der Waals surface area contributed by atoms with Gasteiger partial charge in [-0.3, -0.25) is 24.1 Å². The van der Waals surface area contributed by atoms with Gasteiger partial charge < -0.3 is 15.0 Å². The quantitative estimate of drug-likeness (QED) is 0.608. The summed E-state index contributed by atoms with van der Waals surface area (Å²) in [6, 6.07) is 8.39. The molecule has 2 bridgehead atoms. The van der Waals surface area contributed by atoms with Gasteiger partial charge in [0.15, 0.2) is 0 Å². The maximum atomic E-state index is 13.3. The number of rotatable bonds is 5. The molecule has 3 heterocycles. The second kappa shape index (κ2) is 7.71. The highest BCUT2D eigenvalue weighted by molar-refractivity contribution is 8.00. The lowest BCUT2D eigenvalue weighted by atomic mass is 9.68. The van der Waals surface area contributed by atoms with Gasteiger partial charge >= 0.3 is 10.8 Å². The third kappa shape index (κ3) is 3.04. The third-order valence-electron chi connectivity index (χ3n) is 8.13. The summed E-state index contributed by atoms with van der Waals surface area (Å²) in [5, 5.41) is 10.1. The van der Waals surface area contributed by atoms with Crippen LogP contribution in [0.25, 0.3) is 0 Å².